The van der Waals surface area contributed by atoms with Gasteiger partial charge in [0.15, 0.2) is 0 Å². The van der Waals surface area contributed by atoms with Gasteiger partial charge in [-0.05, 0) is 42.7 Å². The Kier molecular flexibility index (Phi) is 8.85. The third-order valence-corrected chi connectivity index (χ3v) is 5.49. The minimum atomic E-state index is -0.130. The van der Waals surface area contributed by atoms with Crippen LogP contribution >= 0.6 is 24.0 Å². The summed E-state index contributed by atoms with van der Waals surface area (Å²) in [7, 11) is 0. The average molecular weight is 392 g/mol. The fraction of sp³-hybridized carbons (Fsp3) is 0.450. The van der Waals surface area contributed by atoms with E-state index in [-0.39, 0.29) is 11.2 Å². The number of thioether (sulfide) groups is 1. The standard InChI is InChI=1S/C20H25NO3S2/c1-2-3-14-24-18(22)12-8-5-9-13-21-19(25)17(26-20(21)23)15-16-10-6-4-7-11-16/h4,6-7,10-11,15H,2-3,5,8-9,12-14H2,1H3/b17-15-. The molecule has 1 heterocycles. The summed E-state index contributed by atoms with van der Waals surface area (Å²) in [4.78, 5) is 26.8. The maximum Gasteiger partial charge on any atom is 0.305 e. The third-order valence-electron chi connectivity index (χ3n) is 3.99. The van der Waals surface area contributed by atoms with Crippen LogP contribution in [0.25, 0.3) is 6.08 Å². The maximum atomic E-state index is 12.2. The van der Waals surface area contributed by atoms with Crippen molar-refractivity contribution in [2.24, 2.45) is 0 Å². The van der Waals surface area contributed by atoms with Gasteiger partial charge in [0, 0.05) is 13.0 Å². The lowest BCUT2D eigenvalue weighted by molar-refractivity contribution is -0.143. The topological polar surface area (TPSA) is 46.6 Å². The molecule has 1 saturated heterocycles. The Morgan fingerprint density at radius 2 is 1.96 bits per heavy atom. The van der Waals surface area contributed by atoms with Crippen molar-refractivity contribution in [3.8, 4) is 0 Å². The second kappa shape index (κ2) is 11.1. The Morgan fingerprint density at radius 3 is 2.69 bits per heavy atom. The number of ether oxygens (including phenoxy) is 1. The molecule has 1 aromatic rings. The number of hydrogen-bond donors (Lipinski definition) is 0. The fourth-order valence-corrected chi connectivity index (χ4v) is 3.80. The number of thiocarbonyl (C=S) groups is 1. The molecule has 26 heavy (non-hydrogen) atoms. The van der Waals surface area contributed by atoms with Crippen LogP contribution in [0, 0.1) is 0 Å². The molecule has 1 aromatic carbocycles. The molecule has 0 aromatic heterocycles. The van der Waals surface area contributed by atoms with Gasteiger partial charge in [-0.1, -0.05) is 62.3 Å². The molecule has 1 aliphatic heterocycles. The van der Waals surface area contributed by atoms with Crippen molar-refractivity contribution in [2.75, 3.05) is 13.2 Å². The molecule has 2 rings (SSSR count). The highest BCUT2D eigenvalue weighted by Crippen LogP contribution is 2.33. The first kappa shape index (κ1) is 20.6. The van der Waals surface area contributed by atoms with Crippen LogP contribution in [-0.2, 0) is 9.53 Å². The molecule has 0 N–H and O–H groups in total. The van der Waals surface area contributed by atoms with E-state index in [1.165, 1.54) is 11.8 Å². The first-order valence-corrected chi connectivity index (χ1v) is 10.3. The fourth-order valence-electron chi connectivity index (χ4n) is 2.51. The van der Waals surface area contributed by atoms with E-state index in [1.807, 2.05) is 36.4 Å². The zero-order valence-corrected chi connectivity index (χ0v) is 16.7. The third kappa shape index (κ3) is 6.57. The normalized spacial score (nSPS) is 15.7. The molecule has 1 amide bonds. The molecule has 6 heteroatoms. The summed E-state index contributed by atoms with van der Waals surface area (Å²) in [6.07, 6.45) is 6.81. The smallest absolute Gasteiger partial charge is 0.305 e. The summed E-state index contributed by atoms with van der Waals surface area (Å²) in [6.45, 7) is 3.18. The molecule has 1 aliphatic rings. The highest BCUT2D eigenvalue weighted by atomic mass is 32.2. The Labute approximate surface area is 165 Å². The van der Waals surface area contributed by atoms with Gasteiger partial charge in [0.1, 0.15) is 4.99 Å². The average Bonchev–Trinajstić information content (AvgIpc) is 2.89. The summed E-state index contributed by atoms with van der Waals surface area (Å²) >= 11 is 6.65. The SMILES string of the molecule is CCCCOC(=O)CCCCCN1C(=O)S/C(=C\c2ccccc2)C1=S. The van der Waals surface area contributed by atoms with Crippen molar-refractivity contribution >= 4 is 46.3 Å². The zero-order valence-electron chi connectivity index (χ0n) is 15.1. The lowest BCUT2D eigenvalue weighted by Gasteiger charge is -2.14. The monoisotopic (exact) mass is 391 g/mol. The first-order valence-electron chi connectivity index (χ1n) is 9.08. The van der Waals surface area contributed by atoms with Crippen molar-refractivity contribution in [1.29, 1.82) is 0 Å². The number of benzene rings is 1. The predicted molar refractivity (Wildman–Crippen MR) is 111 cm³/mol. The molecule has 0 atom stereocenters. The highest BCUT2D eigenvalue weighted by molar-refractivity contribution is 8.19. The van der Waals surface area contributed by atoms with Crippen LogP contribution in [0.15, 0.2) is 35.2 Å². The molecule has 0 bridgehead atoms. The van der Waals surface area contributed by atoms with E-state index in [2.05, 4.69) is 6.92 Å². The summed E-state index contributed by atoms with van der Waals surface area (Å²) in [5, 5.41) is -0.0174. The molecule has 0 aliphatic carbocycles. The number of hydrogen-bond acceptors (Lipinski definition) is 5. The van der Waals surface area contributed by atoms with Crippen molar-refractivity contribution in [2.45, 2.75) is 45.4 Å². The Bertz CT molecular complexity index is 658. The molecule has 0 saturated carbocycles. The van der Waals surface area contributed by atoms with E-state index in [0.29, 0.717) is 24.6 Å². The lowest BCUT2D eigenvalue weighted by Crippen LogP contribution is -2.27. The maximum absolute atomic E-state index is 12.2. The van der Waals surface area contributed by atoms with E-state index < -0.39 is 0 Å². The van der Waals surface area contributed by atoms with Crippen molar-refractivity contribution in [3.63, 3.8) is 0 Å². The van der Waals surface area contributed by atoms with Crippen LogP contribution in [0.1, 0.15) is 51.0 Å². The van der Waals surface area contributed by atoms with Gasteiger partial charge >= 0.3 is 5.97 Å². The number of carbonyl (C=O) groups is 2. The highest BCUT2D eigenvalue weighted by Gasteiger charge is 2.30. The van der Waals surface area contributed by atoms with Gasteiger partial charge in [-0.2, -0.15) is 0 Å². The summed E-state index contributed by atoms with van der Waals surface area (Å²) < 4.78 is 5.13. The van der Waals surface area contributed by atoms with Crippen molar-refractivity contribution < 1.29 is 14.3 Å². The van der Waals surface area contributed by atoms with Gasteiger partial charge in [-0.25, -0.2) is 0 Å². The van der Waals surface area contributed by atoms with Gasteiger partial charge in [-0.15, -0.1) is 0 Å². The van der Waals surface area contributed by atoms with Crippen LogP contribution in [0.2, 0.25) is 0 Å². The van der Waals surface area contributed by atoms with Gasteiger partial charge in [0.25, 0.3) is 5.24 Å². The molecule has 0 spiro atoms. The van der Waals surface area contributed by atoms with Crippen LogP contribution in [0.3, 0.4) is 0 Å². The largest absolute Gasteiger partial charge is 0.466 e. The number of rotatable bonds is 10. The summed E-state index contributed by atoms with van der Waals surface area (Å²) in [5.41, 5.74) is 1.04. The number of esters is 1. The second-order valence-corrected chi connectivity index (χ2v) is 7.51. The summed E-state index contributed by atoms with van der Waals surface area (Å²) in [5.74, 6) is -0.130. The van der Waals surface area contributed by atoms with Crippen molar-refractivity contribution in [3.05, 3.63) is 40.8 Å². The molecule has 0 unspecified atom stereocenters. The molecular formula is C20H25NO3S2. The summed E-state index contributed by atoms with van der Waals surface area (Å²) in [6, 6.07) is 9.86. The number of carbonyl (C=O) groups excluding carboxylic acids is 2. The van der Waals surface area contributed by atoms with E-state index in [4.69, 9.17) is 17.0 Å². The molecule has 0 radical (unpaired) electrons. The molecular weight excluding hydrogens is 366 g/mol. The van der Waals surface area contributed by atoms with Crippen LogP contribution in [0.4, 0.5) is 4.79 Å². The van der Waals surface area contributed by atoms with E-state index in [0.717, 1.165) is 42.6 Å². The minimum Gasteiger partial charge on any atom is -0.466 e. The molecule has 4 nitrogen and oxygen atoms in total. The van der Waals surface area contributed by atoms with Crippen molar-refractivity contribution in [1.82, 2.24) is 4.90 Å². The Morgan fingerprint density at radius 1 is 1.19 bits per heavy atom. The van der Waals surface area contributed by atoms with Gasteiger partial charge in [0.2, 0.25) is 0 Å². The van der Waals surface area contributed by atoms with E-state index in [9.17, 15) is 9.59 Å². The lowest BCUT2D eigenvalue weighted by atomic mass is 10.2. The quantitative estimate of drug-likeness (QED) is 0.230. The zero-order chi connectivity index (χ0) is 18.8. The molecule has 140 valence electrons. The van der Waals surface area contributed by atoms with Gasteiger partial charge in [0.05, 0.1) is 11.5 Å². The Balaban J connectivity index is 1.71. The van der Waals surface area contributed by atoms with E-state index in [1.54, 1.807) is 4.90 Å². The van der Waals surface area contributed by atoms with E-state index >= 15 is 0 Å². The first-order chi connectivity index (χ1) is 12.6. The van der Waals surface area contributed by atoms with Crippen LogP contribution in [0.5, 0.6) is 0 Å². The van der Waals surface area contributed by atoms with Crippen LogP contribution in [-0.4, -0.2) is 34.2 Å². The second-order valence-electron chi connectivity index (χ2n) is 6.13. The van der Waals surface area contributed by atoms with Crippen LogP contribution < -0.4 is 0 Å². The molecule has 1 fully saturated rings. The van der Waals surface area contributed by atoms with Gasteiger partial charge < -0.3 is 4.74 Å². The van der Waals surface area contributed by atoms with Gasteiger partial charge in [-0.3, -0.25) is 14.5 Å². The number of nitrogens with zero attached hydrogens (tertiary/aromatic N) is 1. The predicted octanol–water partition coefficient (Wildman–Crippen LogP) is 5.43. The Hall–Kier alpha value is -1.66. The number of amides is 1. The minimum absolute atomic E-state index is 0.0174. The number of unbranched alkanes of at least 4 members (excludes halogenated alkanes) is 3.